The lowest BCUT2D eigenvalue weighted by Gasteiger charge is -2.29. The van der Waals surface area contributed by atoms with Crippen molar-refractivity contribution in [3.63, 3.8) is 0 Å². The van der Waals surface area contributed by atoms with Crippen LogP contribution in [0.15, 0.2) is 6.07 Å². The highest BCUT2D eigenvalue weighted by molar-refractivity contribution is 6.29. The van der Waals surface area contributed by atoms with Crippen LogP contribution in [0.3, 0.4) is 0 Å². The average Bonchev–Trinajstić information content (AvgIpc) is 2.36. The molecule has 0 fully saturated rings. The minimum Gasteiger partial charge on any atom is -0.489 e. The number of hydrogen-bond donors (Lipinski definition) is 0. The number of ether oxygens (including phenoxy) is 3. The third kappa shape index (κ3) is 4.14. The predicted molar refractivity (Wildman–Crippen MR) is 80.5 cm³/mol. The summed E-state index contributed by atoms with van der Waals surface area (Å²) in [7, 11) is 2.87. The Morgan fingerprint density at radius 2 is 1.76 bits per heavy atom. The van der Waals surface area contributed by atoms with Gasteiger partial charge in [-0.15, -0.1) is 0 Å². The second-order valence-electron chi connectivity index (χ2n) is 4.95. The molecule has 0 aromatic carbocycles. The van der Waals surface area contributed by atoms with Gasteiger partial charge in [-0.25, -0.2) is 4.79 Å². The van der Waals surface area contributed by atoms with Gasteiger partial charge in [0.15, 0.2) is 5.75 Å². The van der Waals surface area contributed by atoms with Crippen LogP contribution in [0.2, 0.25) is 5.15 Å². The quantitative estimate of drug-likeness (QED) is 0.779. The number of methoxy groups -OCH3 is 2. The molecular weight excluding hydrogens is 296 g/mol. The first-order valence-electron chi connectivity index (χ1n) is 6.60. The molecule has 1 aromatic rings. The lowest BCUT2D eigenvalue weighted by molar-refractivity contribution is 0.121. The fraction of sp³-hybridized carbons (Fsp3) is 0.571. The van der Waals surface area contributed by atoms with E-state index in [2.05, 4.69) is 4.98 Å². The Labute approximate surface area is 130 Å². The SMILES string of the molecule is COc1nc(Cl)cc(OC(=O)N(C(C)C)C(C)C)c1OC. The van der Waals surface area contributed by atoms with E-state index in [4.69, 9.17) is 25.8 Å². The van der Waals surface area contributed by atoms with E-state index in [1.165, 1.54) is 20.3 Å². The van der Waals surface area contributed by atoms with E-state index in [9.17, 15) is 4.79 Å². The number of pyridine rings is 1. The minimum atomic E-state index is -0.484. The van der Waals surface area contributed by atoms with E-state index in [0.29, 0.717) is 0 Å². The van der Waals surface area contributed by atoms with Crippen molar-refractivity contribution >= 4 is 17.7 Å². The third-order valence-electron chi connectivity index (χ3n) is 2.79. The first kappa shape index (κ1) is 17.4. The first-order valence-corrected chi connectivity index (χ1v) is 6.98. The number of carbonyl (C=O) groups excluding carboxylic acids is 1. The molecule has 0 aliphatic carbocycles. The molecule has 1 amide bonds. The van der Waals surface area contributed by atoms with Crippen LogP contribution in [0, 0.1) is 0 Å². The second-order valence-corrected chi connectivity index (χ2v) is 5.34. The summed E-state index contributed by atoms with van der Waals surface area (Å²) in [5, 5.41) is 0.149. The molecule has 0 atom stereocenters. The lowest BCUT2D eigenvalue weighted by atomic mass is 10.2. The number of rotatable bonds is 5. The predicted octanol–water partition coefficient (Wildman–Crippen LogP) is 3.37. The minimum absolute atomic E-state index is 0.00250. The van der Waals surface area contributed by atoms with Gasteiger partial charge in [0, 0.05) is 18.2 Å². The van der Waals surface area contributed by atoms with Crippen LogP contribution in [-0.4, -0.2) is 42.3 Å². The molecule has 21 heavy (non-hydrogen) atoms. The Hall–Kier alpha value is -1.69. The molecule has 118 valence electrons. The maximum atomic E-state index is 12.3. The fourth-order valence-electron chi connectivity index (χ4n) is 2.03. The fourth-order valence-corrected chi connectivity index (χ4v) is 2.20. The molecule has 0 unspecified atom stereocenters. The molecule has 0 bridgehead atoms. The Balaban J connectivity index is 3.12. The zero-order chi connectivity index (χ0) is 16.2. The van der Waals surface area contributed by atoms with Gasteiger partial charge in [0.05, 0.1) is 14.2 Å². The monoisotopic (exact) mass is 316 g/mol. The van der Waals surface area contributed by atoms with Crippen LogP contribution in [0.1, 0.15) is 27.7 Å². The van der Waals surface area contributed by atoms with E-state index >= 15 is 0 Å². The van der Waals surface area contributed by atoms with Crippen LogP contribution in [-0.2, 0) is 0 Å². The number of halogens is 1. The van der Waals surface area contributed by atoms with Crippen LogP contribution in [0.5, 0.6) is 17.4 Å². The summed E-state index contributed by atoms with van der Waals surface area (Å²) < 4.78 is 15.7. The van der Waals surface area contributed by atoms with Gasteiger partial charge in [0.2, 0.25) is 5.75 Å². The molecule has 0 saturated heterocycles. The van der Waals surface area contributed by atoms with E-state index in [1.54, 1.807) is 4.90 Å². The van der Waals surface area contributed by atoms with E-state index < -0.39 is 6.09 Å². The van der Waals surface area contributed by atoms with Gasteiger partial charge in [0.25, 0.3) is 5.88 Å². The number of carbonyl (C=O) groups is 1. The Kier molecular flexibility index (Phi) is 6.08. The van der Waals surface area contributed by atoms with Crippen LogP contribution >= 0.6 is 11.6 Å². The molecule has 1 heterocycles. The zero-order valence-corrected chi connectivity index (χ0v) is 13.9. The van der Waals surface area contributed by atoms with Gasteiger partial charge in [-0.1, -0.05) is 11.6 Å². The molecule has 0 aliphatic heterocycles. The smallest absolute Gasteiger partial charge is 0.415 e. The summed E-state index contributed by atoms with van der Waals surface area (Å²) in [5.74, 6) is 0.557. The standard InChI is InChI=1S/C14H21ClN2O4/c1-8(2)17(9(3)4)14(18)21-10-7-11(15)16-13(20-6)12(10)19-5/h7-9H,1-6H3. The first-order chi connectivity index (χ1) is 9.81. The molecule has 0 saturated carbocycles. The van der Waals surface area contributed by atoms with Crippen molar-refractivity contribution in [3.8, 4) is 17.4 Å². The molecule has 1 aromatic heterocycles. The van der Waals surface area contributed by atoms with Crippen molar-refractivity contribution in [1.82, 2.24) is 9.88 Å². The maximum absolute atomic E-state index is 12.3. The summed E-state index contributed by atoms with van der Waals surface area (Å²) in [5.41, 5.74) is 0. The zero-order valence-electron chi connectivity index (χ0n) is 13.1. The van der Waals surface area contributed by atoms with Gasteiger partial charge in [-0.3, -0.25) is 0 Å². The molecule has 0 N–H and O–H groups in total. The van der Waals surface area contributed by atoms with E-state index in [0.717, 1.165) is 0 Å². The normalized spacial score (nSPS) is 10.7. The van der Waals surface area contributed by atoms with Crippen molar-refractivity contribution in [3.05, 3.63) is 11.2 Å². The van der Waals surface area contributed by atoms with Crippen molar-refractivity contribution in [2.24, 2.45) is 0 Å². The molecule has 1 rings (SSSR count). The van der Waals surface area contributed by atoms with Crippen molar-refractivity contribution < 1.29 is 19.0 Å². The Morgan fingerprint density at radius 3 is 2.19 bits per heavy atom. The van der Waals surface area contributed by atoms with Gasteiger partial charge >= 0.3 is 6.09 Å². The molecule has 7 heteroatoms. The van der Waals surface area contributed by atoms with Gasteiger partial charge < -0.3 is 19.1 Å². The van der Waals surface area contributed by atoms with E-state index in [1.807, 2.05) is 27.7 Å². The molecule has 0 aliphatic rings. The Bertz CT molecular complexity index is 498. The summed E-state index contributed by atoms with van der Waals surface area (Å²) >= 11 is 5.89. The highest BCUT2D eigenvalue weighted by Gasteiger charge is 2.25. The second kappa shape index (κ2) is 7.36. The van der Waals surface area contributed by atoms with Crippen molar-refractivity contribution in [1.29, 1.82) is 0 Å². The number of nitrogens with zero attached hydrogens (tertiary/aromatic N) is 2. The summed E-state index contributed by atoms with van der Waals surface area (Å²) in [6.45, 7) is 7.66. The maximum Gasteiger partial charge on any atom is 0.415 e. The van der Waals surface area contributed by atoms with Crippen molar-refractivity contribution in [2.75, 3.05) is 14.2 Å². The lowest BCUT2D eigenvalue weighted by Crippen LogP contribution is -2.43. The summed E-state index contributed by atoms with van der Waals surface area (Å²) in [4.78, 5) is 17.9. The molecule has 0 spiro atoms. The molecule has 6 nitrogen and oxygen atoms in total. The summed E-state index contributed by atoms with van der Waals surface area (Å²) in [6, 6.07) is 1.42. The van der Waals surface area contributed by atoms with Crippen LogP contribution in [0.25, 0.3) is 0 Å². The van der Waals surface area contributed by atoms with Crippen LogP contribution < -0.4 is 14.2 Å². The highest BCUT2D eigenvalue weighted by Crippen LogP contribution is 2.37. The largest absolute Gasteiger partial charge is 0.489 e. The van der Waals surface area contributed by atoms with Gasteiger partial charge in [-0.2, -0.15) is 4.98 Å². The molecular formula is C14H21ClN2O4. The van der Waals surface area contributed by atoms with Crippen molar-refractivity contribution in [2.45, 2.75) is 39.8 Å². The number of amides is 1. The van der Waals surface area contributed by atoms with Gasteiger partial charge in [0.1, 0.15) is 5.15 Å². The third-order valence-corrected chi connectivity index (χ3v) is 2.99. The number of hydrogen-bond acceptors (Lipinski definition) is 5. The molecule has 0 radical (unpaired) electrons. The number of aromatic nitrogens is 1. The highest BCUT2D eigenvalue weighted by atomic mass is 35.5. The topological polar surface area (TPSA) is 60.9 Å². The summed E-state index contributed by atoms with van der Waals surface area (Å²) in [6.07, 6.45) is -0.484. The average molecular weight is 317 g/mol. The van der Waals surface area contributed by atoms with E-state index in [-0.39, 0.29) is 34.6 Å². The van der Waals surface area contributed by atoms with Crippen LogP contribution in [0.4, 0.5) is 4.79 Å². The van der Waals surface area contributed by atoms with Gasteiger partial charge in [-0.05, 0) is 27.7 Å². The Morgan fingerprint density at radius 1 is 1.19 bits per heavy atom.